The van der Waals surface area contributed by atoms with Crippen LogP contribution in [0.4, 0.5) is 11.4 Å². The van der Waals surface area contributed by atoms with E-state index >= 15 is 0 Å². The molecule has 1 aromatic carbocycles. The van der Waals surface area contributed by atoms with Crippen LogP contribution >= 0.6 is 0 Å². The number of aromatic nitrogens is 1. The standard InChI is InChI=1S/C14H15N3O3/c1-20-12-2-3-13(14(10-12)17(18)19)16-9-6-11-4-7-15-8-5-11/h2-5,7-8,10,16H,6,9H2,1H3. The maximum atomic E-state index is 11.0. The van der Waals surface area contributed by atoms with Gasteiger partial charge in [0.2, 0.25) is 0 Å². The van der Waals surface area contributed by atoms with E-state index in [0.717, 1.165) is 12.0 Å². The van der Waals surface area contributed by atoms with Gasteiger partial charge in [-0.1, -0.05) is 0 Å². The van der Waals surface area contributed by atoms with Crippen LogP contribution in [0.15, 0.2) is 42.7 Å². The van der Waals surface area contributed by atoms with Crippen molar-refractivity contribution in [1.29, 1.82) is 0 Å². The van der Waals surface area contributed by atoms with Gasteiger partial charge in [-0.25, -0.2) is 0 Å². The molecule has 0 atom stereocenters. The Hall–Kier alpha value is -2.63. The predicted molar refractivity (Wildman–Crippen MR) is 76.1 cm³/mol. The molecule has 1 heterocycles. The number of benzene rings is 1. The lowest BCUT2D eigenvalue weighted by Crippen LogP contribution is -2.07. The minimum atomic E-state index is -0.419. The average Bonchev–Trinajstić information content (AvgIpc) is 2.48. The molecule has 0 saturated heterocycles. The fraction of sp³-hybridized carbons (Fsp3) is 0.214. The molecule has 0 fully saturated rings. The van der Waals surface area contributed by atoms with Gasteiger partial charge in [-0.2, -0.15) is 0 Å². The van der Waals surface area contributed by atoms with Gasteiger partial charge in [-0.3, -0.25) is 15.1 Å². The van der Waals surface area contributed by atoms with Gasteiger partial charge in [-0.05, 0) is 36.2 Å². The van der Waals surface area contributed by atoms with Crippen LogP contribution in [0.5, 0.6) is 5.75 Å². The van der Waals surface area contributed by atoms with E-state index < -0.39 is 4.92 Å². The first-order chi connectivity index (χ1) is 9.70. The lowest BCUT2D eigenvalue weighted by atomic mass is 10.2. The maximum Gasteiger partial charge on any atom is 0.296 e. The fourth-order valence-corrected chi connectivity index (χ4v) is 1.83. The number of anilines is 1. The summed E-state index contributed by atoms with van der Waals surface area (Å²) < 4.78 is 4.99. The smallest absolute Gasteiger partial charge is 0.296 e. The van der Waals surface area contributed by atoms with Crippen LogP contribution in [0.1, 0.15) is 5.56 Å². The normalized spacial score (nSPS) is 10.1. The van der Waals surface area contributed by atoms with Crippen molar-refractivity contribution >= 4 is 11.4 Å². The third kappa shape index (κ3) is 3.44. The second-order valence-corrected chi connectivity index (χ2v) is 4.17. The topological polar surface area (TPSA) is 77.3 Å². The van der Waals surface area contributed by atoms with Gasteiger partial charge >= 0.3 is 0 Å². The Bertz CT molecular complexity index is 587. The van der Waals surface area contributed by atoms with Crippen molar-refractivity contribution in [1.82, 2.24) is 4.98 Å². The summed E-state index contributed by atoms with van der Waals surface area (Å²) in [4.78, 5) is 14.5. The molecule has 0 radical (unpaired) electrons. The molecule has 104 valence electrons. The van der Waals surface area contributed by atoms with Gasteiger partial charge in [0.25, 0.3) is 5.69 Å². The molecule has 1 N–H and O–H groups in total. The van der Waals surface area contributed by atoms with Crippen LogP contribution in [0.3, 0.4) is 0 Å². The van der Waals surface area contributed by atoms with Gasteiger partial charge < -0.3 is 10.1 Å². The molecule has 6 nitrogen and oxygen atoms in total. The van der Waals surface area contributed by atoms with Crippen molar-refractivity contribution in [2.24, 2.45) is 0 Å². The van der Waals surface area contributed by atoms with Crippen molar-refractivity contribution in [3.63, 3.8) is 0 Å². The summed E-state index contributed by atoms with van der Waals surface area (Å²) in [5.41, 5.74) is 1.63. The van der Waals surface area contributed by atoms with E-state index in [1.807, 2.05) is 12.1 Å². The second kappa shape index (κ2) is 6.51. The molecular formula is C14H15N3O3. The van der Waals surface area contributed by atoms with E-state index in [4.69, 9.17) is 4.74 Å². The first-order valence-corrected chi connectivity index (χ1v) is 6.16. The minimum absolute atomic E-state index is 0.0130. The summed E-state index contributed by atoms with van der Waals surface area (Å²) in [5.74, 6) is 0.469. The van der Waals surface area contributed by atoms with Gasteiger partial charge in [-0.15, -0.1) is 0 Å². The molecule has 0 amide bonds. The van der Waals surface area contributed by atoms with E-state index in [0.29, 0.717) is 18.0 Å². The third-order valence-electron chi connectivity index (χ3n) is 2.88. The Kier molecular flexibility index (Phi) is 4.49. The van der Waals surface area contributed by atoms with Crippen LogP contribution < -0.4 is 10.1 Å². The highest BCUT2D eigenvalue weighted by molar-refractivity contribution is 5.63. The molecule has 0 aliphatic carbocycles. The van der Waals surface area contributed by atoms with E-state index in [2.05, 4.69) is 10.3 Å². The van der Waals surface area contributed by atoms with Crippen LogP contribution in [-0.2, 0) is 6.42 Å². The number of nitrogens with zero attached hydrogens (tertiary/aromatic N) is 2. The molecule has 0 aliphatic rings. The lowest BCUT2D eigenvalue weighted by molar-refractivity contribution is -0.384. The number of methoxy groups -OCH3 is 1. The van der Waals surface area contributed by atoms with Crippen molar-refractivity contribution in [2.75, 3.05) is 19.0 Å². The zero-order valence-electron chi connectivity index (χ0n) is 11.1. The Morgan fingerprint density at radius 1 is 1.30 bits per heavy atom. The summed E-state index contributed by atoms with van der Waals surface area (Å²) in [7, 11) is 1.48. The average molecular weight is 273 g/mol. The molecule has 0 aliphatic heterocycles. The predicted octanol–water partition coefficient (Wildman–Crippen LogP) is 2.65. The molecule has 0 spiro atoms. The summed E-state index contributed by atoms with van der Waals surface area (Å²) in [5, 5.41) is 14.1. The Morgan fingerprint density at radius 2 is 2.05 bits per heavy atom. The van der Waals surface area contributed by atoms with E-state index in [1.54, 1.807) is 24.5 Å². The number of rotatable bonds is 6. The van der Waals surface area contributed by atoms with Crippen molar-refractivity contribution in [2.45, 2.75) is 6.42 Å². The van der Waals surface area contributed by atoms with Crippen molar-refractivity contribution in [3.05, 3.63) is 58.4 Å². The summed E-state index contributed by atoms with van der Waals surface area (Å²) >= 11 is 0. The van der Waals surface area contributed by atoms with Crippen LogP contribution in [-0.4, -0.2) is 23.6 Å². The number of pyridine rings is 1. The highest BCUT2D eigenvalue weighted by atomic mass is 16.6. The monoisotopic (exact) mass is 273 g/mol. The zero-order chi connectivity index (χ0) is 14.4. The summed E-state index contributed by atoms with van der Waals surface area (Å²) in [6, 6.07) is 8.61. The van der Waals surface area contributed by atoms with Crippen LogP contribution in [0.25, 0.3) is 0 Å². The highest BCUT2D eigenvalue weighted by Crippen LogP contribution is 2.28. The van der Waals surface area contributed by atoms with Gasteiger partial charge in [0.15, 0.2) is 0 Å². The summed E-state index contributed by atoms with van der Waals surface area (Å²) in [6.45, 7) is 0.608. The third-order valence-corrected chi connectivity index (χ3v) is 2.88. The SMILES string of the molecule is COc1ccc(NCCc2ccncc2)c([N+](=O)[O-])c1. The lowest BCUT2D eigenvalue weighted by Gasteiger charge is -2.08. The van der Waals surface area contributed by atoms with Gasteiger partial charge in [0.1, 0.15) is 11.4 Å². The van der Waals surface area contributed by atoms with Gasteiger partial charge in [0, 0.05) is 18.9 Å². The second-order valence-electron chi connectivity index (χ2n) is 4.17. The van der Waals surface area contributed by atoms with E-state index in [9.17, 15) is 10.1 Å². The fourth-order valence-electron chi connectivity index (χ4n) is 1.83. The first-order valence-electron chi connectivity index (χ1n) is 6.16. The van der Waals surface area contributed by atoms with Gasteiger partial charge in [0.05, 0.1) is 18.1 Å². The largest absolute Gasteiger partial charge is 0.496 e. The van der Waals surface area contributed by atoms with E-state index in [-0.39, 0.29) is 5.69 Å². The highest BCUT2D eigenvalue weighted by Gasteiger charge is 2.14. The van der Waals surface area contributed by atoms with E-state index in [1.165, 1.54) is 13.2 Å². The van der Waals surface area contributed by atoms with Crippen LogP contribution in [0.2, 0.25) is 0 Å². The molecule has 0 saturated carbocycles. The molecule has 0 bridgehead atoms. The molecule has 1 aromatic heterocycles. The number of nitrogens with one attached hydrogen (secondary N) is 1. The minimum Gasteiger partial charge on any atom is -0.496 e. The maximum absolute atomic E-state index is 11.0. The number of nitro benzene ring substituents is 1. The number of ether oxygens (including phenoxy) is 1. The number of nitro groups is 1. The molecule has 2 aromatic rings. The van der Waals surface area contributed by atoms with Crippen molar-refractivity contribution < 1.29 is 9.66 Å². The molecule has 2 rings (SSSR count). The Morgan fingerprint density at radius 3 is 2.70 bits per heavy atom. The number of hydrogen-bond donors (Lipinski definition) is 1. The van der Waals surface area contributed by atoms with Crippen LogP contribution in [0, 0.1) is 10.1 Å². The summed E-state index contributed by atoms with van der Waals surface area (Å²) in [6.07, 6.45) is 4.22. The first kappa shape index (κ1) is 13.8. The number of hydrogen-bond acceptors (Lipinski definition) is 5. The molecule has 6 heteroatoms. The molecule has 20 heavy (non-hydrogen) atoms. The molecular weight excluding hydrogens is 258 g/mol. The molecule has 0 unspecified atom stereocenters. The Balaban J connectivity index is 2.04. The zero-order valence-corrected chi connectivity index (χ0v) is 11.1. The van der Waals surface area contributed by atoms with Crippen molar-refractivity contribution in [3.8, 4) is 5.75 Å². The quantitative estimate of drug-likeness (QED) is 0.646. The Labute approximate surface area is 116 Å².